The van der Waals surface area contributed by atoms with Crippen molar-refractivity contribution in [1.82, 2.24) is 19.7 Å². The topological polar surface area (TPSA) is 80.5 Å². The second-order valence-corrected chi connectivity index (χ2v) is 5.65. The average Bonchev–Trinajstić information content (AvgIpc) is 3.10. The van der Waals surface area contributed by atoms with Gasteiger partial charge in [0, 0.05) is 13.1 Å². The molecule has 0 spiro atoms. The molecule has 1 aliphatic heterocycles. The number of aromatic carboxylic acids is 1. The minimum atomic E-state index is -0.942. The Morgan fingerprint density at radius 1 is 1.43 bits per heavy atom. The van der Waals surface area contributed by atoms with Crippen LogP contribution in [-0.2, 0) is 0 Å². The van der Waals surface area contributed by atoms with E-state index in [0.717, 1.165) is 32.5 Å². The van der Waals surface area contributed by atoms with Crippen LogP contribution < -0.4 is 4.74 Å². The highest BCUT2D eigenvalue weighted by molar-refractivity contribution is 5.87. The SMILES string of the molecule is O=C(O)c1cccc(OCCN2CCCC(n3cncn3)C2)c1. The second-order valence-electron chi connectivity index (χ2n) is 5.65. The molecule has 0 aliphatic carbocycles. The number of carboxylic acid groups (broad SMARTS) is 1. The van der Waals surface area contributed by atoms with Crippen LogP contribution in [0.1, 0.15) is 29.2 Å². The lowest BCUT2D eigenvalue weighted by molar-refractivity contribution is 0.0696. The van der Waals surface area contributed by atoms with Gasteiger partial charge in [-0.1, -0.05) is 6.07 Å². The van der Waals surface area contributed by atoms with E-state index in [9.17, 15) is 4.79 Å². The van der Waals surface area contributed by atoms with E-state index in [4.69, 9.17) is 9.84 Å². The zero-order valence-electron chi connectivity index (χ0n) is 12.8. The molecule has 122 valence electrons. The van der Waals surface area contributed by atoms with Gasteiger partial charge in [-0.25, -0.2) is 14.5 Å². The summed E-state index contributed by atoms with van der Waals surface area (Å²) in [4.78, 5) is 17.3. The van der Waals surface area contributed by atoms with Gasteiger partial charge in [0.05, 0.1) is 11.6 Å². The lowest BCUT2D eigenvalue weighted by Crippen LogP contribution is -2.39. The number of rotatable bonds is 6. The van der Waals surface area contributed by atoms with Gasteiger partial charge in [0.1, 0.15) is 25.0 Å². The Kier molecular flexibility index (Phi) is 4.87. The first-order valence-corrected chi connectivity index (χ1v) is 7.75. The maximum atomic E-state index is 10.9. The maximum absolute atomic E-state index is 10.9. The molecule has 1 atom stereocenters. The lowest BCUT2D eigenvalue weighted by atomic mass is 10.1. The van der Waals surface area contributed by atoms with Gasteiger partial charge in [0.15, 0.2) is 0 Å². The number of carboxylic acids is 1. The maximum Gasteiger partial charge on any atom is 0.335 e. The molecule has 1 aromatic heterocycles. The molecule has 0 bridgehead atoms. The Bertz CT molecular complexity index is 645. The zero-order valence-corrected chi connectivity index (χ0v) is 12.8. The number of piperidine rings is 1. The van der Waals surface area contributed by atoms with Gasteiger partial charge in [-0.05, 0) is 37.6 Å². The van der Waals surface area contributed by atoms with Crippen LogP contribution in [0.4, 0.5) is 0 Å². The second kappa shape index (κ2) is 7.23. The van der Waals surface area contributed by atoms with Crippen LogP contribution in [0.15, 0.2) is 36.9 Å². The van der Waals surface area contributed by atoms with E-state index in [0.29, 0.717) is 18.4 Å². The van der Waals surface area contributed by atoms with Crippen molar-refractivity contribution >= 4 is 5.97 Å². The Balaban J connectivity index is 1.48. The van der Waals surface area contributed by atoms with Crippen LogP contribution >= 0.6 is 0 Å². The molecule has 7 nitrogen and oxygen atoms in total. The largest absolute Gasteiger partial charge is 0.492 e. The predicted octanol–water partition coefficient (Wildman–Crippen LogP) is 1.69. The third kappa shape index (κ3) is 4.07. The molecule has 1 N–H and O–H groups in total. The molecule has 0 saturated carbocycles. The molecule has 1 fully saturated rings. The summed E-state index contributed by atoms with van der Waals surface area (Å²) >= 11 is 0. The van der Waals surface area contributed by atoms with E-state index in [1.807, 2.05) is 4.68 Å². The Hall–Kier alpha value is -2.41. The van der Waals surface area contributed by atoms with Crippen molar-refractivity contribution in [3.05, 3.63) is 42.5 Å². The monoisotopic (exact) mass is 316 g/mol. The standard InChI is InChI=1S/C16H20N4O3/c21-16(22)13-3-1-5-15(9-13)23-8-7-19-6-2-4-14(10-19)20-12-17-11-18-20/h1,3,5,9,11-12,14H,2,4,6-8,10H2,(H,21,22). The highest BCUT2D eigenvalue weighted by Crippen LogP contribution is 2.20. The summed E-state index contributed by atoms with van der Waals surface area (Å²) in [5.74, 6) is -0.350. The van der Waals surface area contributed by atoms with E-state index < -0.39 is 5.97 Å². The molecule has 23 heavy (non-hydrogen) atoms. The first-order valence-electron chi connectivity index (χ1n) is 7.75. The minimum Gasteiger partial charge on any atom is -0.492 e. The number of nitrogens with zero attached hydrogens (tertiary/aromatic N) is 4. The molecular formula is C16H20N4O3. The summed E-state index contributed by atoms with van der Waals surface area (Å²) in [6.45, 7) is 3.32. The van der Waals surface area contributed by atoms with E-state index in [-0.39, 0.29) is 5.56 Å². The van der Waals surface area contributed by atoms with E-state index >= 15 is 0 Å². The normalized spacial score (nSPS) is 18.7. The van der Waals surface area contributed by atoms with E-state index in [1.54, 1.807) is 36.9 Å². The highest BCUT2D eigenvalue weighted by atomic mass is 16.5. The van der Waals surface area contributed by atoms with Gasteiger partial charge in [0.2, 0.25) is 0 Å². The fraction of sp³-hybridized carbons (Fsp3) is 0.438. The van der Waals surface area contributed by atoms with Gasteiger partial charge in [-0.15, -0.1) is 0 Å². The van der Waals surface area contributed by atoms with Crippen LogP contribution in [0.3, 0.4) is 0 Å². The summed E-state index contributed by atoms with van der Waals surface area (Å²) in [6.07, 6.45) is 5.57. The molecule has 1 unspecified atom stereocenters. The van der Waals surface area contributed by atoms with Gasteiger partial charge in [-0.2, -0.15) is 5.10 Å². The molecule has 1 saturated heterocycles. The number of hydrogen-bond acceptors (Lipinski definition) is 5. The van der Waals surface area contributed by atoms with Crippen molar-refractivity contribution in [2.75, 3.05) is 26.2 Å². The van der Waals surface area contributed by atoms with Crippen molar-refractivity contribution in [2.45, 2.75) is 18.9 Å². The number of likely N-dealkylation sites (tertiary alicyclic amines) is 1. The number of aromatic nitrogens is 3. The first kappa shape index (κ1) is 15.5. The van der Waals surface area contributed by atoms with Crippen molar-refractivity contribution in [3.63, 3.8) is 0 Å². The summed E-state index contributed by atoms with van der Waals surface area (Å²) in [6, 6.07) is 6.95. The van der Waals surface area contributed by atoms with Crippen LogP contribution in [0.2, 0.25) is 0 Å². The number of ether oxygens (including phenoxy) is 1. The smallest absolute Gasteiger partial charge is 0.335 e. The van der Waals surface area contributed by atoms with Crippen molar-refractivity contribution in [1.29, 1.82) is 0 Å². The third-order valence-electron chi connectivity index (χ3n) is 4.05. The minimum absolute atomic E-state index is 0.242. The fourth-order valence-corrected chi connectivity index (χ4v) is 2.87. The van der Waals surface area contributed by atoms with E-state index in [2.05, 4.69) is 15.0 Å². The Labute approximate surface area is 134 Å². The fourth-order valence-electron chi connectivity index (χ4n) is 2.87. The quantitative estimate of drug-likeness (QED) is 0.873. The molecule has 0 amide bonds. The predicted molar refractivity (Wildman–Crippen MR) is 83.6 cm³/mol. The molecule has 3 rings (SSSR count). The van der Waals surface area contributed by atoms with Gasteiger partial charge >= 0.3 is 5.97 Å². The highest BCUT2D eigenvalue weighted by Gasteiger charge is 2.21. The van der Waals surface area contributed by atoms with Crippen molar-refractivity contribution in [3.8, 4) is 5.75 Å². The zero-order chi connectivity index (χ0) is 16.1. The van der Waals surface area contributed by atoms with Gasteiger partial charge in [0.25, 0.3) is 0 Å². The van der Waals surface area contributed by atoms with Crippen LogP contribution in [0, 0.1) is 0 Å². The Morgan fingerprint density at radius 2 is 2.35 bits per heavy atom. The molecule has 1 aromatic carbocycles. The third-order valence-corrected chi connectivity index (χ3v) is 4.05. The number of hydrogen-bond donors (Lipinski definition) is 1. The van der Waals surface area contributed by atoms with Crippen LogP contribution in [-0.4, -0.2) is 57.0 Å². The van der Waals surface area contributed by atoms with Crippen LogP contribution in [0.25, 0.3) is 0 Å². The Morgan fingerprint density at radius 3 is 3.13 bits per heavy atom. The van der Waals surface area contributed by atoms with Gasteiger partial charge in [-0.3, -0.25) is 4.90 Å². The summed E-state index contributed by atoms with van der Waals surface area (Å²) < 4.78 is 7.61. The molecule has 7 heteroatoms. The summed E-state index contributed by atoms with van der Waals surface area (Å²) in [5, 5.41) is 13.2. The number of carbonyl (C=O) groups is 1. The number of benzene rings is 1. The molecule has 1 aliphatic rings. The van der Waals surface area contributed by atoms with Gasteiger partial charge < -0.3 is 9.84 Å². The molecular weight excluding hydrogens is 296 g/mol. The lowest BCUT2D eigenvalue weighted by Gasteiger charge is -2.32. The molecule has 0 radical (unpaired) electrons. The summed E-state index contributed by atoms with van der Waals surface area (Å²) in [5.41, 5.74) is 0.242. The summed E-state index contributed by atoms with van der Waals surface area (Å²) in [7, 11) is 0. The van der Waals surface area contributed by atoms with Crippen molar-refractivity contribution in [2.24, 2.45) is 0 Å². The van der Waals surface area contributed by atoms with Crippen LogP contribution in [0.5, 0.6) is 5.75 Å². The van der Waals surface area contributed by atoms with Crippen molar-refractivity contribution < 1.29 is 14.6 Å². The molecule has 2 aromatic rings. The van der Waals surface area contributed by atoms with E-state index in [1.165, 1.54) is 0 Å². The molecule has 2 heterocycles. The average molecular weight is 316 g/mol. The first-order chi connectivity index (χ1) is 11.2.